The number of rotatable bonds is 2. The van der Waals surface area contributed by atoms with Gasteiger partial charge in [-0.1, -0.05) is 0 Å². The van der Waals surface area contributed by atoms with Crippen molar-refractivity contribution < 1.29 is 33.2 Å². The minimum absolute atomic E-state index is 0.173. The summed E-state index contributed by atoms with van der Waals surface area (Å²) in [6, 6.07) is -0.106. The summed E-state index contributed by atoms with van der Waals surface area (Å²) in [5, 5.41) is 29.8. The van der Waals surface area contributed by atoms with Crippen LogP contribution in [-0.2, 0) is 4.74 Å². The number of aliphatic hydroxyl groups is 3. The number of hydrogen-bond acceptors (Lipinski definition) is 5. The second kappa shape index (κ2) is 5.27. The van der Waals surface area contributed by atoms with Crippen molar-refractivity contribution in [3.05, 3.63) is 29.7 Å². The normalized spacial score (nSPS) is 31.5. The first-order valence-electron chi connectivity index (χ1n) is 7.15. The quantitative estimate of drug-likeness (QED) is 0.397. The molecule has 3 heterocycles. The van der Waals surface area contributed by atoms with Crippen molar-refractivity contribution in [1.29, 1.82) is 0 Å². The molecule has 2 aliphatic heterocycles. The van der Waals surface area contributed by atoms with Gasteiger partial charge in [0.15, 0.2) is 17.5 Å². The predicted molar refractivity (Wildman–Crippen MR) is 78.4 cm³/mol. The van der Waals surface area contributed by atoms with Crippen molar-refractivity contribution in [3.8, 4) is 16.9 Å². The number of benzene rings is 1. The summed E-state index contributed by atoms with van der Waals surface area (Å²) < 4.78 is 48.5. The van der Waals surface area contributed by atoms with Crippen LogP contribution in [0, 0.1) is 17.5 Å². The topological polar surface area (TPSA) is 79.8 Å². The zero-order valence-electron chi connectivity index (χ0n) is 12.0. The van der Waals surface area contributed by atoms with Gasteiger partial charge < -0.3 is 20.1 Å². The van der Waals surface area contributed by atoms with Crippen molar-refractivity contribution in [2.24, 2.45) is 0 Å². The number of thiol groups is 1. The van der Waals surface area contributed by atoms with Crippen molar-refractivity contribution in [2.45, 2.75) is 29.8 Å². The van der Waals surface area contributed by atoms with Crippen molar-refractivity contribution in [3.63, 3.8) is 0 Å². The Morgan fingerprint density at radius 1 is 1.17 bits per heavy atom. The molecule has 1 aromatic carbocycles. The minimum Gasteiger partial charge on any atom is -0.394 e. The molecule has 4 rings (SSSR count). The molecule has 0 amide bonds. The average Bonchev–Trinajstić information content (AvgIpc) is 2.53. The van der Waals surface area contributed by atoms with Crippen molar-refractivity contribution in [1.82, 2.24) is 9.36 Å². The molecule has 3 N–H and O–H groups in total. The third kappa shape index (κ3) is 1.88. The van der Waals surface area contributed by atoms with Crippen LogP contribution in [0.5, 0.6) is 0 Å². The molecule has 24 heavy (non-hydrogen) atoms. The Balaban J connectivity index is 1.75. The average molecular weight is 362 g/mol. The third-order valence-electron chi connectivity index (χ3n) is 4.51. The Bertz CT molecular complexity index is 820. The van der Waals surface area contributed by atoms with Gasteiger partial charge >= 0.3 is 0 Å². The van der Waals surface area contributed by atoms with Crippen LogP contribution < -0.4 is 0 Å². The van der Waals surface area contributed by atoms with E-state index in [4.69, 9.17) is 4.74 Å². The van der Waals surface area contributed by atoms with Gasteiger partial charge in [-0.15, -0.1) is 12.6 Å². The Morgan fingerprint density at radius 2 is 1.88 bits per heavy atom. The fourth-order valence-electron chi connectivity index (χ4n) is 3.27. The van der Waals surface area contributed by atoms with Gasteiger partial charge in [-0.05, 0) is 6.07 Å². The summed E-state index contributed by atoms with van der Waals surface area (Å²) in [6.07, 6.45) is -2.09. The van der Waals surface area contributed by atoms with Crippen LogP contribution in [0.3, 0.4) is 0 Å². The first-order chi connectivity index (χ1) is 11.4. The molecular weight excluding hydrogens is 349 g/mol. The number of halogens is 3. The lowest BCUT2D eigenvalue weighted by molar-refractivity contribution is -0.180. The van der Waals surface area contributed by atoms with E-state index in [1.165, 1.54) is 15.6 Å². The maximum atomic E-state index is 14.0. The lowest BCUT2D eigenvalue weighted by Crippen LogP contribution is -2.56. The van der Waals surface area contributed by atoms with E-state index >= 15 is 0 Å². The zero-order chi connectivity index (χ0) is 17.3. The summed E-state index contributed by atoms with van der Waals surface area (Å²) in [5.41, 5.74) is -0.512. The first kappa shape index (κ1) is 16.0. The second-order valence-electron chi connectivity index (χ2n) is 5.81. The highest BCUT2D eigenvalue weighted by Crippen LogP contribution is 2.46. The van der Waals surface area contributed by atoms with E-state index in [0.29, 0.717) is 5.69 Å². The van der Waals surface area contributed by atoms with Gasteiger partial charge in [-0.3, -0.25) is 4.68 Å². The fraction of sp³-hybridized carbons (Fsp3) is 0.429. The molecule has 2 unspecified atom stereocenters. The van der Waals surface area contributed by atoms with Crippen molar-refractivity contribution >= 4 is 12.6 Å². The van der Waals surface area contributed by atoms with E-state index in [9.17, 15) is 28.5 Å². The molecule has 1 saturated heterocycles. The van der Waals surface area contributed by atoms with E-state index in [2.05, 4.69) is 12.6 Å². The summed E-state index contributed by atoms with van der Waals surface area (Å²) in [6.45, 7) is -0.503. The molecule has 1 aromatic heterocycles. The van der Waals surface area contributed by atoms with E-state index in [1.807, 2.05) is 0 Å². The zero-order valence-corrected chi connectivity index (χ0v) is 12.9. The van der Waals surface area contributed by atoms with Crippen LogP contribution in [0.25, 0.3) is 16.9 Å². The molecule has 1 fully saturated rings. The molecule has 2 aliphatic rings. The number of ether oxygens (including phenoxy) is 1. The van der Waals surface area contributed by atoms with E-state index in [0.717, 1.165) is 6.07 Å². The van der Waals surface area contributed by atoms with Gasteiger partial charge in [0.25, 0.3) is 0 Å². The highest BCUT2D eigenvalue weighted by molar-refractivity contribution is 7.80. The number of nitrogens with zero attached hydrogens (tertiary/aromatic N) is 2. The lowest BCUT2D eigenvalue weighted by atomic mass is 9.94. The SMILES string of the molecule is OCC1O[C@H](S)C(O)[C@@H](n2cc3n2-c2c-3cc(F)c(F)c2F)[C@H]1O. The Morgan fingerprint density at radius 3 is 2.54 bits per heavy atom. The summed E-state index contributed by atoms with van der Waals surface area (Å²) in [7, 11) is 0. The molecule has 130 valence electrons. The Hall–Kier alpha value is -1.46. The van der Waals surface area contributed by atoms with Crippen LogP contribution in [0.15, 0.2) is 12.3 Å². The molecule has 0 saturated carbocycles. The monoisotopic (exact) mass is 362 g/mol. The second-order valence-corrected chi connectivity index (χ2v) is 6.32. The van der Waals surface area contributed by atoms with Gasteiger partial charge in [0, 0.05) is 11.8 Å². The molecule has 6 nitrogen and oxygen atoms in total. The molecule has 5 atom stereocenters. The number of fused-ring (bicyclic) bond motifs is 4. The largest absolute Gasteiger partial charge is 0.394 e. The standard InChI is InChI=1S/C14H13F3N2O4S/c15-5-1-4-6-2-18(19(6)10(4)9(17)8(5)16)11-12(21)7(3-20)23-14(24)13(11)22/h1-2,7,11-14,20-22,24H,3H2/t7?,11-,12-,13?,14+/m0/s1. The maximum Gasteiger partial charge on any atom is 0.196 e. The molecule has 10 heteroatoms. The Labute approximate surface area is 139 Å². The van der Waals surface area contributed by atoms with Gasteiger partial charge in [-0.25, -0.2) is 17.9 Å². The minimum atomic E-state index is -1.59. The van der Waals surface area contributed by atoms with Crippen LogP contribution >= 0.6 is 12.6 Å². The summed E-state index contributed by atoms with van der Waals surface area (Å²) in [4.78, 5) is 0. The summed E-state index contributed by atoms with van der Waals surface area (Å²) in [5.74, 6) is -4.22. The van der Waals surface area contributed by atoms with Gasteiger partial charge in [0.05, 0.1) is 12.3 Å². The Kier molecular flexibility index (Phi) is 3.52. The van der Waals surface area contributed by atoms with E-state index < -0.39 is 53.8 Å². The smallest absolute Gasteiger partial charge is 0.196 e. The predicted octanol–water partition coefficient (Wildman–Crippen LogP) is 0.586. The maximum absolute atomic E-state index is 14.0. The molecule has 0 radical (unpaired) electrons. The van der Waals surface area contributed by atoms with E-state index in [1.54, 1.807) is 0 Å². The highest BCUT2D eigenvalue weighted by atomic mass is 32.1. The van der Waals surface area contributed by atoms with Gasteiger partial charge in [-0.2, -0.15) is 0 Å². The van der Waals surface area contributed by atoms with Crippen LogP contribution in [0.1, 0.15) is 6.04 Å². The highest BCUT2D eigenvalue weighted by Gasteiger charge is 2.47. The van der Waals surface area contributed by atoms with Crippen molar-refractivity contribution in [2.75, 3.05) is 6.61 Å². The van der Waals surface area contributed by atoms with E-state index in [-0.39, 0.29) is 11.3 Å². The van der Waals surface area contributed by atoms with Gasteiger partial charge in [0.1, 0.15) is 35.5 Å². The molecular formula is C14H13F3N2O4S. The number of aromatic nitrogens is 2. The van der Waals surface area contributed by atoms with Gasteiger partial charge in [0.2, 0.25) is 0 Å². The number of hydrogen-bond donors (Lipinski definition) is 4. The fourth-order valence-corrected chi connectivity index (χ4v) is 3.61. The van der Waals surface area contributed by atoms with Crippen LogP contribution in [0.2, 0.25) is 0 Å². The summed E-state index contributed by atoms with van der Waals surface area (Å²) >= 11 is 4.06. The molecule has 0 spiro atoms. The molecule has 0 aliphatic carbocycles. The third-order valence-corrected chi connectivity index (χ3v) is 4.94. The molecule has 2 aromatic rings. The molecule has 0 bridgehead atoms. The lowest BCUT2D eigenvalue weighted by Gasteiger charge is -2.46. The first-order valence-corrected chi connectivity index (χ1v) is 7.67. The number of aliphatic hydroxyl groups excluding tert-OH is 3. The van der Waals surface area contributed by atoms with Crippen LogP contribution in [-0.4, -0.2) is 55.0 Å². The van der Waals surface area contributed by atoms with Crippen LogP contribution in [0.4, 0.5) is 13.2 Å².